The number of nitrogens with one attached hydrogen (secondary N) is 1. The fourth-order valence-electron chi connectivity index (χ4n) is 1.50. The average Bonchev–Trinajstić information content (AvgIpc) is 2.94. The summed E-state index contributed by atoms with van der Waals surface area (Å²) in [6, 6.07) is 1.63. The molecule has 0 atom stereocenters. The molecule has 9 heteroatoms. The SMILES string of the molecule is Cc1cc(NC(=O)CSc2nc(C)c(CC(=O)O)s2)no1. The van der Waals surface area contributed by atoms with Gasteiger partial charge < -0.3 is 14.9 Å². The summed E-state index contributed by atoms with van der Waals surface area (Å²) < 4.78 is 5.52. The van der Waals surface area contributed by atoms with Crippen molar-refractivity contribution in [3.63, 3.8) is 0 Å². The van der Waals surface area contributed by atoms with Crippen LogP contribution < -0.4 is 5.32 Å². The largest absolute Gasteiger partial charge is 0.481 e. The van der Waals surface area contributed by atoms with E-state index in [0.717, 1.165) is 0 Å². The third kappa shape index (κ3) is 4.57. The zero-order valence-corrected chi connectivity index (χ0v) is 13.0. The van der Waals surface area contributed by atoms with Crippen LogP contribution in [0.5, 0.6) is 0 Å². The summed E-state index contributed by atoms with van der Waals surface area (Å²) >= 11 is 2.56. The van der Waals surface area contributed by atoms with E-state index in [2.05, 4.69) is 15.5 Å². The van der Waals surface area contributed by atoms with Gasteiger partial charge in [0.05, 0.1) is 17.9 Å². The van der Waals surface area contributed by atoms with Gasteiger partial charge in [0.15, 0.2) is 10.2 Å². The molecule has 0 unspecified atom stereocenters. The highest BCUT2D eigenvalue weighted by Gasteiger charge is 2.13. The highest BCUT2D eigenvalue weighted by Crippen LogP contribution is 2.27. The zero-order valence-electron chi connectivity index (χ0n) is 11.4. The Bertz CT molecular complexity index is 665. The van der Waals surface area contributed by atoms with Gasteiger partial charge in [0.1, 0.15) is 5.76 Å². The number of thiazole rings is 1. The van der Waals surface area contributed by atoms with E-state index in [1.54, 1.807) is 19.9 Å². The number of thioether (sulfide) groups is 1. The van der Waals surface area contributed by atoms with Crippen LogP contribution in [0.15, 0.2) is 14.9 Å². The second-order valence-electron chi connectivity index (χ2n) is 4.22. The Morgan fingerprint density at radius 3 is 2.86 bits per heavy atom. The number of hydrogen-bond donors (Lipinski definition) is 2. The van der Waals surface area contributed by atoms with Crippen molar-refractivity contribution >= 4 is 40.8 Å². The van der Waals surface area contributed by atoms with Crippen LogP contribution in [0.1, 0.15) is 16.3 Å². The second-order valence-corrected chi connectivity index (χ2v) is 6.52. The molecule has 0 aromatic carbocycles. The molecule has 112 valence electrons. The molecule has 21 heavy (non-hydrogen) atoms. The van der Waals surface area contributed by atoms with E-state index >= 15 is 0 Å². The molecular formula is C12H13N3O4S2. The number of aryl methyl sites for hydroxylation is 2. The molecule has 0 saturated carbocycles. The molecule has 2 heterocycles. The standard InChI is InChI=1S/C12H13N3O4S2/c1-6-3-9(15-19-6)14-10(16)5-20-12-13-7(2)8(21-12)4-11(17)18/h3H,4-5H2,1-2H3,(H,17,18)(H,14,15,16). The van der Waals surface area contributed by atoms with Crippen LogP contribution in [0, 0.1) is 13.8 Å². The minimum absolute atomic E-state index is 0.0472. The maximum atomic E-state index is 11.7. The van der Waals surface area contributed by atoms with Gasteiger partial charge in [0.25, 0.3) is 0 Å². The number of carboxylic acid groups (broad SMARTS) is 1. The summed E-state index contributed by atoms with van der Waals surface area (Å²) in [5, 5.41) is 15.0. The molecule has 2 N–H and O–H groups in total. The van der Waals surface area contributed by atoms with E-state index in [0.29, 0.717) is 26.5 Å². The summed E-state index contributed by atoms with van der Waals surface area (Å²) in [7, 11) is 0. The van der Waals surface area contributed by atoms with Crippen molar-refractivity contribution in [3.8, 4) is 0 Å². The quantitative estimate of drug-likeness (QED) is 0.783. The zero-order chi connectivity index (χ0) is 15.4. The van der Waals surface area contributed by atoms with E-state index in [1.807, 2.05) is 0 Å². The molecule has 0 aliphatic heterocycles. The van der Waals surface area contributed by atoms with Crippen LogP contribution >= 0.6 is 23.1 Å². The molecule has 7 nitrogen and oxygen atoms in total. The van der Waals surface area contributed by atoms with E-state index in [9.17, 15) is 9.59 Å². The fourth-order valence-corrected chi connectivity index (χ4v) is 3.52. The van der Waals surface area contributed by atoms with E-state index in [-0.39, 0.29) is 18.1 Å². The van der Waals surface area contributed by atoms with Crippen LogP contribution in [0.3, 0.4) is 0 Å². The van der Waals surface area contributed by atoms with Crippen LogP contribution in [-0.2, 0) is 16.0 Å². The third-order valence-corrected chi connectivity index (χ3v) is 4.71. The normalized spacial score (nSPS) is 10.6. The van der Waals surface area contributed by atoms with Gasteiger partial charge in [0, 0.05) is 10.9 Å². The summed E-state index contributed by atoms with van der Waals surface area (Å²) in [5.41, 5.74) is 0.692. The number of nitrogens with zero attached hydrogens (tertiary/aromatic N) is 2. The lowest BCUT2D eigenvalue weighted by molar-refractivity contribution is -0.136. The average molecular weight is 327 g/mol. The molecule has 0 saturated heterocycles. The monoisotopic (exact) mass is 327 g/mol. The lowest BCUT2D eigenvalue weighted by Gasteiger charge is -1.98. The molecule has 0 bridgehead atoms. The highest BCUT2D eigenvalue weighted by atomic mass is 32.2. The number of carbonyl (C=O) groups excluding carboxylic acids is 1. The summed E-state index contributed by atoms with van der Waals surface area (Å²) in [6.07, 6.45) is -0.0472. The van der Waals surface area contributed by atoms with Crippen molar-refractivity contribution < 1.29 is 19.2 Å². The van der Waals surface area contributed by atoms with Crippen molar-refractivity contribution in [1.29, 1.82) is 0 Å². The van der Waals surface area contributed by atoms with Crippen LogP contribution in [-0.4, -0.2) is 32.9 Å². The van der Waals surface area contributed by atoms with Gasteiger partial charge in [-0.05, 0) is 13.8 Å². The first-order valence-corrected chi connectivity index (χ1v) is 7.78. The van der Waals surface area contributed by atoms with Crippen LogP contribution in [0.4, 0.5) is 5.82 Å². The van der Waals surface area contributed by atoms with Gasteiger partial charge in [-0.3, -0.25) is 9.59 Å². The first-order chi connectivity index (χ1) is 9.94. The maximum absolute atomic E-state index is 11.7. The molecule has 0 fully saturated rings. The number of carboxylic acids is 1. The number of hydrogen-bond acceptors (Lipinski definition) is 7. The van der Waals surface area contributed by atoms with Crippen LogP contribution in [0.2, 0.25) is 0 Å². The number of anilines is 1. The Balaban J connectivity index is 1.87. The molecule has 2 aromatic heterocycles. The fraction of sp³-hybridized carbons (Fsp3) is 0.333. The summed E-state index contributed by atoms with van der Waals surface area (Å²) in [5.74, 6) is 0.0518. The molecule has 0 radical (unpaired) electrons. The van der Waals surface area contributed by atoms with E-state index in [4.69, 9.17) is 9.63 Å². The third-order valence-electron chi connectivity index (χ3n) is 2.41. The minimum atomic E-state index is -0.891. The Kier molecular flexibility index (Phi) is 4.97. The first-order valence-electron chi connectivity index (χ1n) is 5.98. The smallest absolute Gasteiger partial charge is 0.308 e. The lowest BCUT2D eigenvalue weighted by Crippen LogP contribution is -2.14. The molecule has 1 amide bonds. The minimum Gasteiger partial charge on any atom is -0.481 e. The van der Waals surface area contributed by atoms with Gasteiger partial charge in [0.2, 0.25) is 5.91 Å². The van der Waals surface area contributed by atoms with Gasteiger partial charge in [-0.15, -0.1) is 11.3 Å². The van der Waals surface area contributed by atoms with Crippen molar-refractivity contribution in [1.82, 2.24) is 10.1 Å². The van der Waals surface area contributed by atoms with E-state index < -0.39 is 5.97 Å². The Hall–Kier alpha value is -1.87. The first kappa shape index (κ1) is 15.5. The van der Waals surface area contributed by atoms with Crippen LogP contribution in [0.25, 0.3) is 0 Å². The molecule has 0 aliphatic carbocycles. The molecule has 0 spiro atoms. The number of amides is 1. The molecular weight excluding hydrogens is 314 g/mol. The van der Waals surface area contributed by atoms with Gasteiger partial charge >= 0.3 is 5.97 Å². The Morgan fingerprint density at radius 2 is 2.24 bits per heavy atom. The molecule has 0 aliphatic rings. The van der Waals surface area contributed by atoms with Gasteiger partial charge in [-0.1, -0.05) is 16.9 Å². The second kappa shape index (κ2) is 6.72. The molecule has 2 rings (SSSR count). The lowest BCUT2D eigenvalue weighted by atomic mass is 10.3. The predicted octanol–water partition coefficient (Wildman–Crippen LogP) is 2.11. The maximum Gasteiger partial charge on any atom is 0.308 e. The highest BCUT2D eigenvalue weighted by molar-refractivity contribution is 8.01. The van der Waals surface area contributed by atoms with Gasteiger partial charge in [-0.2, -0.15) is 0 Å². The van der Waals surface area contributed by atoms with E-state index in [1.165, 1.54) is 23.1 Å². The van der Waals surface area contributed by atoms with Gasteiger partial charge in [-0.25, -0.2) is 4.98 Å². The summed E-state index contributed by atoms with van der Waals surface area (Å²) in [6.45, 7) is 3.50. The molecule has 2 aromatic rings. The van der Waals surface area contributed by atoms with Crippen molar-refractivity contribution in [2.24, 2.45) is 0 Å². The summed E-state index contributed by atoms with van der Waals surface area (Å²) in [4.78, 5) is 27.4. The Labute approximate surface area is 128 Å². The number of aromatic nitrogens is 2. The number of carbonyl (C=O) groups is 2. The Morgan fingerprint density at radius 1 is 1.48 bits per heavy atom. The topological polar surface area (TPSA) is 105 Å². The van der Waals surface area contributed by atoms with Crippen molar-refractivity contribution in [2.75, 3.05) is 11.1 Å². The predicted molar refractivity (Wildman–Crippen MR) is 78.8 cm³/mol. The van der Waals surface area contributed by atoms with Crippen molar-refractivity contribution in [2.45, 2.75) is 24.6 Å². The van der Waals surface area contributed by atoms with Crippen molar-refractivity contribution in [3.05, 3.63) is 22.4 Å². The number of aliphatic carboxylic acids is 1. The number of rotatable bonds is 6.